The first-order valence-electron chi connectivity index (χ1n) is 8.35. The van der Waals surface area contributed by atoms with E-state index in [9.17, 15) is 4.79 Å². The Morgan fingerprint density at radius 3 is 2.68 bits per heavy atom. The lowest BCUT2D eigenvalue weighted by Gasteiger charge is -2.43. The second-order valence-electron chi connectivity index (χ2n) is 6.90. The molecular formula is C18H26N2O2. The van der Waals surface area contributed by atoms with E-state index in [0.717, 1.165) is 31.8 Å². The van der Waals surface area contributed by atoms with Crippen LogP contribution in [0.4, 0.5) is 0 Å². The van der Waals surface area contributed by atoms with E-state index in [-0.39, 0.29) is 6.54 Å². The Morgan fingerprint density at radius 2 is 2.05 bits per heavy atom. The Kier molecular flexibility index (Phi) is 4.79. The SMILES string of the molecule is Cc1ccccc1CNC1CC(N(CC(=O)O)CC2CC2)C1. The molecule has 3 rings (SSSR count). The summed E-state index contributed by atoms with van der Waals surface area (Å²) in [5.41, 5.74) is 2.68. The van der Waals surface area contributed by atoms with Gasteiger partial charge in [-0.15, -0.1) is 0 Å². The maximum atomic E-state index is 11.0. The zero-order chi connectivity index (χ0) is 15.5. The largest absolute Gasteiger partial charge is 0.480 e. The molecule has 0 aromatic heterocycles. The summed E-state index contributed by atoms with van der Waals surface area (Å²) in [5.74, 6) is 0.0512. The predicted molar refractivity (Wildman–Crippen MR) is 86.8 cm³/mol. The summed E-state index contributed by atoms with van der Waals surface area (Å²) in [6.07, 6.45) is 4.70. The molecule has 120 valence electrons. The lowest BCUT2D eigenvalue weighted by molar-refractivity contribution is -0.139. The molecule has 1 aromatic carbocycles. The Balaban J connectivity index is 1.44. The minimum absolute atomic E-state index is 0.200. The Morgan fingerprint density at radius 1 is 1.32 bits per heavy atom. The third-order valence-corrected chi connectivity index (χ3v) is 5.00. The van der Waals surface area contributed by atoms with Gasteiger partial charge in [0.05, 0.1) is 6.54 Å². The van der Waals surface area contributed by atoms with E-state index in [1.54, 1.807) is 0 Å². The van der Waals surface area contributed by atoms with Crippen molar-refractivity contribution in [3.05, 3.63) is 35.4 Å². The average Bonchev–Trinajstić information content (AvgIpc) is 3.22. The van der Waals surface area contributed by atoms with Crippen molar-refractivity contribution in [1.82, 2.24) is 10.2 Å². The minimum Gasteiger partial charge on any atom is -0.480 e. The molecule has 2 fully saturated rings. The number of carbonyl (C=O) groups is 1. The number of rotatable bonds is 8. The number of benzene rings is 1. The van der Waals surface area contributed by atoms with Gasteiger partial charge in [0.2, 0.25) is 0 Å². The summed E-state index contributed by atoms with van der Waals surface area (Å²) in [4.78, 5) is 13.2. The fraction of sp³-hybridized carbons (Fsp3) is 0.611. The molecule has 0 heterocycles. The van der Waals surface area contributed by atoms with E-state index in [4.69, 9.17) is 5.11 Å². The second-order valence-corrected chi connectivity index (χ2v) is 6.90. The van der Waals surface area contributed by atoms with E-state index in [1.165, 1.54) is 24.0 Å². The van der Waals surface area contributed by atoms with Gasteiger partial charge in [-0.05, 0) is 49.7 Å². The van der Waals surface area contributed by atoms with E-state index in [2.05, 4.69) is 41.4 Å². The molecule has 0 radical (unpaired) electrons. The van der Waals surface area contributed by atoms with Crippen LogP contribution in [-0.2, 0) is 11.3 Å². The van der Waals surface area contributed by atoms with E-state index in [0.29, 0.717) is 12.1 Å². The molecule has 0 aliphatic heterocycles. The maximum Gasteiger partial charge on any atom is 0.317 e. The molecule has 0 bridgehead atoms. The van der Waals surface area contributed by atoms with Crippen LogP contribution in [-0.4, -0.2) is 41.1 Å². The molecule has 2 aliphatic rings. The molecule has 0 atom stereocenters. The molecule has 4 nitrogen and oxygen atoms in total. The number of nitrogens with one attached hydrogen (secondary N) is 1. The van der Waals surface area contributed by atoms with Crippen LogP contribution in [0.3, 0.4) is 0 Å². The monoisotopic (exact) mass is 302 g/mol. The van der Waals surface area contributed by atoms with Gasteiger partial charge in [0.25, 0.3) is 0 Å². The molecule has 1 aromatic rings. The fourth-order valence-corrected chi connectivity index (χ4v) is 3.26. The van der Waals surface area contributed by atoms with Crippen molar-refractivity contribution in [2.24, 2.45) is 5.92 Å². The van der Waals surface area contributed by atoms with Crippen molar-refractivity contribution in [2.45, 2.75) is 51.2 Å². The topological polar surface area (TPSA) is 52.6 Å². The van der Waals surface area contributed by atoms with Crippen LogP contribution in [0.2, 0.25) is 0 Å². The first-order valence-corrected chi connectivity index (χ1v) is 8.35. The van der Waals surface area contributed by atoms with E-state index < -0.39 is 5.97 Å². The highest BCUT2D eigenvalue weighted by atomic mass is 16.4. The standard InChI is InChI=1S/C18H26N2O2/c1-13-4-2-3-5-15(13)10-19-16-8-17(9-16)20(12-18(21)22)11-14-6-7-14/h2-5,14,16-17,19H,6-12H2,1H3,(H,21,22). The van der Waals surface area contributed by atoms with Crippen LogP contribution in [0, 0.1) is 12.8 Å². The van der Waals surface area contributed by atoms with Gasteiger partial charge in [0.15, 0.2) is 0 Å². The highest BCUT2D eigenvalue weighted by Crippen LogP contribution is 2.33. The highest BCUT2D eigenvalue weighted by molar-refractivity contribution is 5.69. The van der Waals surface area contributed by atoms with Gasteiger partial charge in [0.1, 0.15) is 0 Å². The van der Waals surface area contributed by atoms with Crippen molar-refractivity contribution >= 4 is 5.97 Å². The number of carboxylic acids is 1. The molecule has 2 aliphatic carbocycles. The maximum absolute atomic E-state index is 11.0. The van der Waals surface area contributed by atoms with Crippen LogP contribution in [0.5, 0.6) is 0 Å². The zero-order valence-electron chi connectivity index (χ0n) is 13.3. The molecule has 0 spiro atoms. The lowest BCUT2D eigenvalue weighted by Crippen LogP contribution is -2.54. The number of nitrogens with zero attached hydrogens (tertiary/aromatic N) is 1. The quantitative estimate of drug-likeness (QED) is 0.774. The molecule has 0 amide bonds. The first kappa shape index (κ1) is 15.5. The van der Waals surface area contributed by atoms with Gasteiger partial charge in [0, 0.05) is 25.2 Å². The number of aryl methyl sites for hydroxylation is 1. The fourth-order valence-electron chi connectivity index (χ4n) is 3.26. The summed E-state index contributed by atoms with van der Waals surface area (Å²) >= 11 is 0. The van der Waals surface area contributed by atoms with E-state index in [1.807, 2.05) is 0 Å². The van der Waals surface area contributed by atoms with Gasteiger partial charge < -0.3 is 10.4 Å². The van der Waals surface area contributed by atoms with Crippen molar-refractivity contribution in [2.75, 3.05) is 13.1 Å². The normalized spacial score (nSPS) is 24.3. The van der Waals surface area contributed by atoms with Crippen LogP contribution < -0.4 is 5.32 Å². The third-order valence-electron chi connectivity index (χ3n) is 5.00. The average molecular weight is 302 g/mol. The first-order chi connectivity index (χ1) is 10.6. The second kappa shape index (κ2) is 6.80. The Labute approximate surface area is 132 Å². The predicted octanol–water partition coefficient (Wildman–Crippen LogP) is 2.41. The van der Waals surface area contributed by atoms with Gasteiger partial charge in [-0.3, -0.25) is 9.69 Å². The summed E-state index contributed by atoms with van der Waals surface area (Å²) in [6.45, 7) is 4.23. The smallest absolute Gasteiger partial charge is 0.317 e. The minimum atomic E-state index is -0.697. The van der Waals surface area contributed by atoms with Crippen molar-refractivity contribution in [3.63, 3.8) is 0 Å². The van der Waals surface area contributed by atoms with Crippen molar-refractivity contribution < 1.29 is 9.90 Å². The molecule has 2 saturated carbocycles. The summed E-state index contributed by atoms with van der Waals surface area (Å²) in [6, 6.07) is 9.44. The number of aliphatic carboxylic acids is 1. The van der Waals surface area contributed by atoms with Crippen molar-refractivity contribution in [3.8, 4) is 0 Å². The van der Waals surface area contributed by atoms with Gasteiger partial charge >= 0.3 is 5.97 Å². The Bertz CT molecular complexity index is 522. The van der Waals surface area contributed by atoms with Gasteiger partial charge in [-0.25, -0.2) is 0 Å². The molecule has 0 unspecified atom stereocenters. The Hall–Kier alpha value is -1.39. The third kappa shape index (κ3) is 4.08. The highest BCUT2D eigenvalue weighted by Gasteiger charge is 2.36. The van der Waals surface area contributed by atoms with Gasteiger partial charge in [-0.1, -0.05) is 24.3 Å². The van der Waals surface area contributed by atoms with Crippen LogP contribution >= 0.6 is 0 Å². The molecular weight excluding hydrogens is 276 g/mol. The number of carboxylic acid groups (broad SMARTS) is 1. The molecule has 2 N–H and O–H groups in total. The molecule has 0 saturated heterocycles. The van der Waals surface area contributed by atoms with Crippen LogP contribution in [0.15, 0.2) is 24.3 Å². The zero-order valence-corrected chi connectivity index (χ0v) is 13.3. The lowest BCUT2D eigenvalue weighted by atomic mass is 9.85. The van der Waals surface area contributed by atoms with Crippen molar-refractivity contribution in [1.29, 1.82) is 0 Å². The van der Waals surface area contributed by atoms with Crippen LogP contribution in [0.1, 0.15) is 36.8 Å². The summed E-state index contributed by atoms with van der Waals surface area (Å²) in [5, 5.41) is 12.7. The molecule has 22 heavy (non-hydrogen) atoms. The van der Waals surface area contributed by atoms with E-state index >= 15 is 0 Å². The summed E-state index contributed by atoms with van der Waals surface area (Å²) < 4.78 is 0. The van der Waals surface area contributed by atoms with Gasteiger partial charge in [-0.2, -0.15) is 0 Å². The number of hydrogen-bond donors (Lipinski definition) is 2. The number of hydrogen-bond acceptors (Lipinski definition) is 3. The van der Waals surface area contributed by atoms with Crippen LogP contribution in [0.25, 0.3) is 0 Å². The summed E-state index contributed by atoms with van der Waals surface area (Å²) in [7, 11) is 0. The molecule has 4 heteroatoms.